The summed E-state index contributed by atoms with van der Waals surface area (Å²) in [7, 11) is 0. The number of aromatic nitrogens is 1. The summed E-state index contributed by atoms with van der Waals surface area (Å²) >= 11 is 0. The second-order valence-corrected chi connectivity index (χ2v) is 6.17. The number of carbonyl (C=O) groups is 1. The molecular formula is C20H18N2O2. The summed E-state index contributed by atoms with van der Waals surface area (Å²) in [6.45, 7) is 4.15. The zero-order chi connectivity index (χ0) is 16.7. The number of rotatable bonds is 2. The van der Waals surface area contributed by atoms with Crippen LogP contribution in [0, 0.1) is 0 Å². The molecule has 0 fully saturated rings. The molecule has 0 aliphatic carbocycles. The lowest BCUT2D eigenvalue weighted by Crippen LogP contribution is -2.14. The molecule has 3 aromatic rings. The van der Waals surface area contributed by atoms with Crippen LogP contribution in [-0.2, 0) is 0 Å². The van der Waals surface area contributed by atoms with Gasteiger partial charge in [0.25, 0.3) is 5.91 Å². The molecule has 4 nitrogen and oxygen atoms in total. The summed E-state index contributed by atoms with van der Waals surface area (Å²) in [4.78, 5) is 17.2. The van der Waals surface area contributed by atoms with Crippen molar-refractivity contribution in [2.24, 2.45) is 0 Å². The zero-order valence-electron chi connectivity index (χ0n) is 13.6. The van der Waals surface area contributed by atoms with Crippen LogP contribution in [0.15, 0.2) is 54.7 Å². The molecule has 4 rings (SSSR count). The van der Waals surface area contributed by atoms with Gasteiger partial charge in [-0.15, -0.1) is 0 Å². The van der Waals surface area contributed by atoms with Gasteiger partial charge in [0.1, 0.15) is 11.9 Å². The normalized spacial score (nSPS) is 18.9. The second kappa shape index (κ2) is 5.64. The Morgan fingerprint density at radius 3 is 2.75 bits per heavy atom. The molecule has 0 radical (unpaired) electrons. The summed E-state index contributed by atoms with van der Waals surface area (Å²) in [6, 6.07) is 15.4. The van der Waals surface area contributed by atoms with Crippen LogP contribution in [0.4, 0.5) is 5.69 Å². The van der Waals surface area contributed by atoms with Crippen molar-refractivity contribution in [1.29, 1.82) is 0 Å². The van der Waals surface area contributed by atoms with Crippen molar-refractivity contribution in [3.05, 3.63) is 65.9 Å². The maximum absolute atomic E-state index is 12.8. The van der Waals surface area contributed by atoms with E-state index in [-0.39, 0.29) is 17.9 Å². The topological polar surface area (TPSA) is 51.2 Å². The van der Waals surface area contributed by atoms with Crippen molar-refractivity contribution in [3.63, 3.8) is 0 Å². The van der Waals surface area contributed by atoms with E-state index in [2.05, 4.69) is 17.2 Å². The van der Waals surface area contributed by atoms with Gasteiger partial charge in [0.2, 0.25) is 0 Å². The predicted molar refractivity (Wildman–Crippen MR) is 94.6 cm³/mol. The highest BCUT2D eigenvalue weighted by Crippen LogP contribution is 2.40. The molecule has 0 unspecified atom stereocenters. The number of benzene rings is 2. The maximum atomic E-state index is 12.8. The highest BCUT2D eigenvalue weighted by Gasteiger charge is 2.31. The molecular weight excluding hydrogens is 300 g/mol. The quantitative estimate of drug-likeness (QED) is 0.763. The first-order chi connectivity index (χ1) is 11.6. The second-order valence-electron chi connectivity index (χ2n) is 6.17. The predicted octanol–water partition coefficient (Wildman–Crippen LogP) is 4.37. The van der Waals surface area contributed by atoms with Crippen LogP contribution < -0.4 is 10.1 Å². The van der Waals surface area contributed by atoms with E-state index in [1.807, 2.05) is 49.4 Å². The number of nitrogens with zero attached hydrogens (tertiary/aromatic N) is 1. The molecule has 4 heteroatoms. The Morgan fingerprint density at radius 1 is 1.08 bits per heavy atom. The molecule has 1 aliphatic heterocycles. The minimum absolute atomic E-state index is 0.0770. The van der Waals surface area contributed by atoms with Crippen molar-refractivity contribution in [1.82, 2.24) is 4.98 Å². The van der Waals surface area contributed by atoms with Crippen molar-refractivity contribution in [2.75, 3.05) is 5.32 Å². The number of hydrogen-bond acceptors (Lipinski definition) is 3. The zero-order valence-corrected chi connectivity index (χ0v) is 13.6. The van der Waals surface area contributed by atoms with Crippen LogP contribution in [0.2, 0.25) is 0 Å². The lowest BCUT2D eigenvalue weighted by molar-refractivity contribution is 0.102. The number of hydrogen-bond donors (Lipinski definition) is 1. The molecule has 1 amide bonds. The van der Waals surface area contributed by atoms with Gasteiger partial charge in [0.05, 0.1) is 16.8 Å². The van der Waals surface area contributed by atoms with E-state index in [0.29, 0.717) is 17.0 Å². The minimum atomic E-state index is -0.175. The molecule has 1 aromatic heterocycles. The fourth-order valence-corrected chi connectivity index (χ4v) is 3.16. The van der Waals surface area contributed by atoms with Gasteiger partial charge in [-0.05, 0) is 25.1 Å². The van der Waals surface area contributed by atoms with Gasteiger partial charge >= 0.3 is 0 Å². The molecule has 24 heavy (non-hydrogen) atoms. The smallest absolute Gasteiger partial charge is 0.259 e. The lowest BCUT2D eigenvalue weighted by atomic mass is 9.97. The van der Waals surface area contributed by atoms with Crippen LogP contribution in [0.25, 0.3) is 10.9 Å². The van der Waals surface area contributed by atoms with E-state index in [0.717, 1.165) is 16.5 Å². The Balaban J connectivity index is 1.71. The van der Waals surface area contributed by atoms with Crippen molar-refractivity contribution in [3.8, 4) is 5.75 Å². The van der Waals surface area contributed by atoms with Gasteiger partial charge in [0, 0.05) is 23.1 Å². The molecule has 120 valence electrons. The van der Waals surface area contributed by atoms with Crippen molar-refractivity contribution >= 4 is 22.5 Å². The molecule has 2 aromatic carbocycles. The third-order valence-electron chi connectivity index (χ3n) is 4.67. The molecule has 2 heterocycles. The Labute approximate surface area is 140 Å². The standard InChI is InChI=1S/C20H18N2O2/c1-12-13(2)24-19-15(12)8-4-9-16(19)20(23)22-17-10-3-6-14-7-5-11-21-18(14)17/h3-13H,1-2H3,(H,22,23)/t12-,13+/m1/s1. The van der Waals surface area contributed by atoms with E-state index in [4.69, 9.17) is 4.74 Å². The highest BCUT2D eigenvalue weighted by atomic mass is 16.5. The number of ether oxygens (including phenoxy) is 1. The van der Waals surface area contributed by atoms with Gasteiger partial charge in [-0.25, -0.2) is 0 Å². The van der Waals surface area contributed by atoms with Gasteiger partial charge < -0.3 is 10.1 Å². The number of pyridine rings is 1. The van der Waals surface area contributed by atoms with Crippen LogP contribution in [0.1, 0.15) is 35.7 Å². The summed E-state index contributed by atoms with van der Waals surface area (Å²) in [6.07, 6.45) is 1.80. The van der Waals surface area contributed by atoms with E-state index >= 15 is 0 Å². The average molecular weight is 318 g/mol. The Morgan fingerprint density at radius 2 is 1.88 bits per heavy atom. The molecule has 1 aliphatic rings. The SMILES string of the molecule is C[C@@H]1Oc2c(C(=O)Nc3cccc4cccnc34)cccc2[C@@H]1C. The van der Waals surface area contributed by atoms with E-state index < -0.39 is 0 Å². The van der Waals surface area contributed by atoms with E-state index in [1.54, 1.807) is 12.3 Å². The summed E-state index contributed by atoms with van der Waals surface area (Å²) < 4.78 is 5.92. The molecule has 2 atom stereocenters. The summed E-state index contributed by atoms with van der Waals surface area (Å²) in [5, 5.41) is 3.97. The average Bonchev–Trinajstić information content (AvgIpc) is 2.90. The molecule has 0 bridgehead atoms. The number of anilines is 1. The van der Waals surface area contributed by atoms with Crippen LogP contribution >= 0.6 is 0 Å². The first kappa shape index (κ1) is 14.7. The molecule has 0 saturated heterocycles. The molecule has 1 N–H and O–H groups in total. The third-order valence-corrected chi connectivity index (χ3v) is 4.67. The first-order valence-corrected chi connectivity index (χ1v) is 8.10. The maximum Gasteiger partial charge on any atom is 0.259 e. The van der Waals surface area contributed by atoms with E-state index in [1.165, 1.54) is 0 Å². The van der Waals surface area contributed by atoms with Crippen LogP contribution in [-0.4, -0.2) is 17.0 Å². The number of amides is 1. The number of para-hydroxylation sites is 2. The fourth-order valence-electron chi connectivity index (χ4n) is 3.16. The summed E-state index contributed by atoms with van der Waals surface area (Å²) in [5.41, 5.74) is 3.14. The Bertz CT molecular complexity index is 931. The van der Waals surface area contributed by atoms with Crippen LogP contribution in [0.5, 0.6) is 5.75 Å². The number of fused-ring (bicyclic) bond motifs is 2. The van der Waals surface area contributed by atoms with Gasteiger partial charge in [-0.3, -0.25) is 9.78 Å². The lowest BCUT2D eigenvalue weighted by Gasteiger charge is -2.11. The van der Waals surface area contributed by atoms with E-state index in [9.17, 15) is 4.79 Å². The monoisotopic (exact) mass is 318 g/mol. The van der Waals surface area contributed by atoms with Gasteiger partial charge in [-0.2, -0.15) is 0 Å². The number of nitrogens with one attached hydrogen (secondary N) is 1. The fraction of sp³-hybridized carbons (Fsp3) is 0.200. The van der Waals surface area contributed by atoms with Crippen molar-refractivity contribution < 1.29 is 9.53 Å². The summed E-state index contributed by atoms with van der Waals surface area (Å²) in [5.74, 6) is 0.807. The number of carbonyl (C=O) groups excluding carboxylic acids is 1. The minimum Gasteiger partial charge on any atom is -0.489 e. The molecule has 0 saturated carbocycles. The Hall–Kier alpha value is -2.88. The van der Waals surface area contributed by atoms with Crippen LogP contribution in [0.3, 0.4) is 0 Å². The van der Waals surface area contributed by atoms with Crippen molar-refractivity contribution in [2.45, 2.75) is 25.9 Å². The Kier molecular flexibility index (Phi) is 3.45. The third kappa shape index (κ3) is 2.31. The highest BCUT2D eigenvalue weighted by molar-refractivity contribution is 6.10. The molecule has 0 spiro atoms. The first-order valence-electron chi connectivity index (χ1n) is 8.10. The van der Waals surface area contributed by atoms with Gasteiger partial charge in [-0.1, -0.05) is 37.3 Å². The largest absolute Gasteiger partial charge is 0.489 e. The van der Waals surface area contributed by atoms with Gasteiger partial charge in [0.15, 0.2) is 0 Å².